The Morgan fingerprint density at radius 1 is 1.47 bits per heavy atom. The van der Waals surface area contributed by atoms with E-state index in [9.17, 15) is 0 Å². The van der Waals surface area contributed by atoms with Crippen molar-refractivity contribution in [1.29, 1.82) is 0 Å². The average molecular weight is 284 g/mol. The van der Waals surface area contributed by atoms with E-state index in [2.05, 4.69) is 22.2 Å². The Morgan fingerprint density at radius 2 is 2.32 bits per heavy atom. The van der Waals surface area contributed by atoms with E-state index in [4.69, 9.17) is 16.3 Å². The van der Waals surface area contributed by atoms with Crippen molar-refractivity contribution >= 4 is 11.6 Å². The van der Waals surface area contributed by atoms with Gasteiger partial charge in [0.2, 0.25) is 5.88 Å². The molecular formula is C14H22ClN3O. The number of likely N-dealkylation sites (N-methyl/N-ethyl adjacent to an activating group) is 1. The van der Waals surface area contributed by atoms with Crippen LogP contribution in [0.15, 0.2) is 12.1 Å². The van der Waals surface area contributed by atoms with E-state index in [1.807, 2.05) is 19.2 Å². The molecule has 1 atom stereocenters. The van der Waals surface area contributed by atoms with Crippen molar-refractivity contribution in [2.24, 2.45) is 0 Å². The molecule has 0 aliphatic carbocycles. The molecule has 1 aromatic heterocycles. The van der Waals surface area contributed by atoms with Crippen LogP contribution in [-0.4, -0.2) is 43.2 Å². The van der Waals surface area contributed by atoms with Gasteiger partial charge >= 0.3 is 0 Å². The van der Waals surface area contributed by atoms with Crippen molar-refractivity contribution in [3.05, 3.63) is 22.8 Å². The highest BCUT2D eigenvalue weighted by molar-refractivity contribution is 6.31. The molecule has 2 heterocycles. The third kappa shape index (κ3) is 4.06. The highest BCUT2D eigenvalue weighted by atomic mass is 35.5. The molecule has 0 saturated carbocycles. The third-order valence-electron chi connectivity index (χ3n) is 3.58. The molecule has 0 bridgehead atoms. The standard InChI is InChI=1S/C14H22ClN3O/c1-16-9-13-12(15)6-7-14(17-13)19-10-11-5-3-4-8-18(11)2/h6-7,11,16H,3-5,8-10H2,1-2H3. The van der Waals surface area contributed by atoms with E-state index in [0.29, 0.717) is 30.1 Å². The fourth-order valence-electron chi connectivity index (χ4n) is 2.37. The van der Waals surface area contributed by atoms with Gasteiger partial charge < -0.3 is 15.0 Å². The molecule has 0 spiro atoms. The Bertz CT molecular complexity index is 414. The van der Waals surface area contributed by atoms with Crippen LogP contribution in [0.4, 0.5) is 0 Å². The van der Waals surface area contributed by atoms with Crippen molar-refractivity contribution in [2.75, 3.05) is 27.2 Å². The first-order valence-corrected chi connectivity index (χ1v) is 7.21. The molecule has 1 saturated heterocycles. The molecule has 1 aliphatic rings. The number of hydrogen-bond donors (Lipinski definition) is 1. The summed E-state index contributed by atoms with van der Waals surface area (Å²) in [6.07, 6.45) is 3.78. The molecule has 1 aromatic rings. The normalized spacial score (nSPS) is 20.5. The van der Waals surface area contributed by atoms with E-state index in [1.165, 1.54) is 19.3 Å². The first-order valence-electron chi connectivity index (χ1n) is 6.83. The molecule has 106 valence electrons. The number of halogens is 1. The summed E-state index contributed by atoms with van der Waals surface area (Å²) in [5.41, 5.74) is 0.832. The number of piperidine rings is 1. The second kappa shape index (κ2) is 7.08. The van der Waals surface area contributed by atoms with Crippen LogP contribution in [-0.2, 0) is 6.54 Å². The van der Waals surface area contributed by atoms with Gasteiger partial charge in [-0.2, -0.15) is 0 Å². The summed E-state index contributed by atoms with van der Waals surface area (Å²) in [6, 6.07) is 4.19. The lowest BCUT2D eigenvalue weighted by Crippen LogP contribution is -2.40. The van der Waals surface area contributed by atoms with E-state index in [-0.39, 0.29) is 0 Å². The van der Waals surface area contributed by atoms with Crippen LogP contribution in [0.3, 0.4) is 0 Å². The summed E-state index contributed by atoms with van der Waals surface area (Å²) < 4.78 is 5.82. The van der Waals surface area contributed by atoms with Crippen LogP contribution in [0.25, 0.3) is 0 Å². The molecule has 1 fully saturated rings. The van der Waals surface area contributed by atoms with Crippen molar-refractivity contribution in [3.63, 3.8) is 0 Å². The maximum atomic E-state index is 6.08. The van der Waals surface area contributed by atoms with Crippen molar-refractivity contribution in [3.8, 4) is 5.88 Å². The number of nitrogens with one attached hydrogen (secondary N) is 1. The molecule has 0 amide bonds. The predicted molar refractivity (Wildman–Crippen MR) is 77.8 cm³/mol. The number of nitrogens with zero attached hydrogens (tertiary/aromatic N) is 2. The van der Waals surface area contributed by atoms with E-state index < -0.39 is 0 Å². The largest absolute Gasteiger partial charge is 0.476 e. The maximum Gasteiger partial charge on any atom is 0.213 e. The molecule has 1 aliphatic heterocycles. The van der Waals surface area contributed by atoms with Gasteiger partial charge in [-0.1, -0.05) is 18.0 Å². The number of likely N-dealkylation sites (tertiary alicyclic amines) is 1. The van der Waals surface area contributed by atoms with Gasteiger partial charge in [0.1, 0.15) is 6.61 Å². The Hall–Kier alpha value is -0.840. The highest BCUT2D eigenvalue weighted by Crippen LogP contribution is 2.20. The number of pyridine rings is 1. The lowest BCUT2D eigenvalue weighted by Gasteiger charge is -2.31. The van der Waals surface area contributed by atoms with Gasteiger partial charge in [0, 0.05) is 18.7 Å². The molecule has 0 aromatic carbocycles. The predicted octanol–water partition coefficient (Wildman–Crippen LogP) is 2.32. The lowest BCUT2D eigenvalue weighted by atomic mass is 10.0. The Morgan fingerprint density at radius 3 is 3.05 bits per heavy atom. The fraction of sp³-hybridized carbons (Fsp3) is 0.643. The van der Waals surface area contributed by atoms with Gasteiger partial charge in [-0.25, -0.2) is 4.98 Å². The number of ether oxygens (including phenoxy) is 1. The zero-order valence-electron chi connectivity index (χ0n) is 11.7. The summed E-state index contributed by atoms with van der Waals surface area (Å²) in [4.78, 5) is 6.81. The van der Waals surface area contributed by atoms with Gasteiger partial charge in [-0.15, -0.1) is 0 Å². The summed E-state index contributed by atoms with van der Waals surface area (Å²) in [7, 11) is 4.04. The highest BCUT2D eigenvalue weighted by Gasteiger charge is 2.19. The number of hydrogen-bond acceptors (Lipinski definition) is 4. The zero-order chi connectivity index (χ0) is 13.7. The van der Waals surface area contributed by atoms with Gasteiger partial charge in [0.25, 0.3) is 0 Å². The molecule has 1 N–H and O–H groups in total. The topological polar surface area (TPSA) is 37.4 Å². The van der Waals surface area contributed by atoms with E-state index >= 15 is 0 Å². The van der Waals surface area contributed by atoms with Crippen LogP contribution < -0.4 is 10.1 Å². The Balaban J connectivity index is 1.93. The quantitative estimate of drug-likeness (QED) is 0.900. The minimum atomic E-state index is 0.499. The van der Waals surface area contributed by atoms with Crippen LogP contribution in [0, 0.1) is 0 Å². The Labute approximate surface area is 120 Å². The molecule has 5 heteroatoms. The zero-order valence-corrected chi connectivity index (χ0v) is 12.4. The van der Waals surface area contributed by atoms with Crippen molar-refractivity contribution < 1.29 is 4.74 Å². The minimum absolute atomic E-state index is 0.499. The van der Waals surface area contributed by atoms with E-state index in [0.717, 1.165) is 12.2 Å². The lowest BCUT2D eigenvalue weighted by molar-refractivity contribution is 0.122. The summed E-state index contributed by atoms with van der Waals surface area (Å²) in [5, 5.41) is 3.73. The van der Waals surface area contributed by atoms with Gasteiger partial charge in [0.15, 0.2) is 0 Å². The molecular weight excluding hydrogens is 262 g/mol. The van der Waals surface area contributed by atoms with Crippen LogP contribution >= 0.6 is 11.6 Å². The van der Waals surface area contributed by atoms with Crippen LogP contribution in [0.2, 0.25) is 5.02 Å². The first-order chi connectivity index (χ1) is 9.20. The van der Waals surface area contributed by atoms with Crippen LogP contribution in [0.1, 0.15) is 25.0 Å². The molecule has 4 nitrogen and oxygen atoms in total. The first kappa shape index (κ1) is 14.6. The SMILES string of the molecule is CNCc1nc(OCC2CCCCN2C)ccc1Cl. The van der Waals surface area contributed by atoms with E-state index in [1.54, 1.807) is 0 Å². The second-order valence-electron chi connectivity index (χ2n) is 5.05. The number of aromatic nitrogens is 1. The third-order valence-corrected chi connectivity index (χ3v) is 3.93. The van der Waals surface area contributed by atoms with Crippen molar-refractivity contribution in [1.82, 2.24) is 15.2 Å². The summed E-state index contributed by atoms with van der Waals surface area (Å²) >= 11 is 6.08. The monoisotopic (exact) mass is 283 g/mol. The summed E-state index contributed by atoms with van der Waals surface area (Å²) in [6.45, 7) is 2.51. The summed E-state index contributed by atoms with van der Waals surface area (Å²) in [5.74, 6) is 0.661. The molecule has 0 radical (unpaired) electrons. The average Bonchev–Trinajstić information content (AvgIpc) is 2.41. The van der Waals surface area contributed by atoms with Gasteiger partial charge in [-0.3, -0.25) is 0 Å². The Kier molecular flexibility index (Phi) is 5.43. The smallest absolute Gasteiger partial charge is 0.213 e. The van der Waals surface area contributed by atoms with Crippen LogP contribution in [0.5, 0.6) is 5.88 Å². The van der Waals surface area contributed by atoms with Gasteiger partial charge in [-0.05, 0) is 39.5 Å². The molecule has 1 unspecified atom stereocenters. The number of rotatable bonds is 5. The fourth-order valence-corrected chi connectivity index (χ4v) is 2.54. The van der Waals surface area contributed by atoms with Gasteiger partial charge in [0.05, 0.1) is 10.7 Å². The molecule has 19 heavy (non-hydrogen) atoms. The maximum absolute atomic E-state index is 6.08. The van der Waals surface area contributed by atoms with Crippen molar-refractivity contribution in [2.45, 2.75) is 31.8 Å². The second-order valence-corrected chi connectivity index (χ2v) is 5.46. The minimum Gasteiger partial charge on any atom is -0.476 e. The molecule has 2 rings (SSSR count).